The van der Waals surface area contributed by atoms with E-state index < -0.39 is 0 Å². The molecule has 0 aliphatic rings. The van der Waals surface area contributed by atoms with Crippen LogP contribution in [-0.4, -0.2) is 5.54 Å². The van der Waals surface area contributed by atoms with Crippen LogP contribution >= 0.6 is 0 Å². The summed E-state index contributed by atoms with van der Waals surface area (Å²) >= 11 is 0. The highest BCUT2D eigenvalue weighted by Crippen LogP contribution is 2.24. The summed E-state index contributed by atoms with van der Waals surface area (Å²) < 4.78 is 5.93. The second-order valence-corrected chi connectivity index (χ2v) is 8.56. The Morgan fingerprint density at radius 3 is 2.17 bits per heavy atom. The highest BCUT2D eigenvalue weighted by molar-refractivity contribution is 5.28. The maximum absolute atomic E-state index is 5.93. The molecule has 0 saturated heterocycles. The molecule has 2 rings (SSSR count). The lowest BCUT2D eigenvalue weighted by atomic mass is 9.82. The third-order valence-electron chi connectivity index (χ3n) is 4.02. The first-order valence-corrected chi connectivity index (χ1v) is 8.84. The molecule has 0 aliphatic heterocycles. The third kappa shape index (κ3) is 6.76. The molecular weight excluding hydrogens is 294 g/mol. The summed E-state index contributed by atoms with van der Waals surface area (Å²) in [6.45, 7) is 13.2. The lowest BCUT2D eigenvalue weighted by Crippen LogP contribution is -2.94. The number of ether oxygens (including phenoxy) is 1. The molecule has 2 nitrogen and oxygen atoms in total. The molecule has 0 aliphatic carbocycles. The molecule has 0 aromatic heterocycles. The van der Waals surface area contributed by atoms with E-state index in [1.807, 2.05) is 24.3 Å². The van der Waals surface area contributed by atoms with E-state index in [0.717, 1.165) is 12.3 Å². The number of nitrogens with two attached hydrogens (primary N) is 1. The molecule has 0 unspecified atom stereocenters. The smallest absolute Gasteiger partial charge is 0.120 e. The van der Waals surface area contributed by atoms with Crippen LogP contribution in [0.2, 0.25) is 0 Å². The number of hydrogen-bond acceptors (Lipinski definition) is 1. The van der Waals surface area contributed by atoms with Crippen molar-refractivity contribution in [3.05, 3.63) is 65.7 Å². The monoisotopic (exact) mass is 326 g/mol. The summed E-state index contributed by atoms with van der Waals surface area (Å²) in [5.41, 5.74) is 3.09. The third-order valence-corrected chi connectivity index (χ3v) is 4.02. The van der Waals surface area contributed by atoms with Gasteiger partial charge < -0.3 is 10.1 Å². The number of rotatable bonds is 7. The van der Waals surface area contributed by atoms with Gasteiger partial charge in [-0.3, -0.25) is 0 Å². The van der Waals surface area contributed by atoms with E-state index in [-0.39, 0.29) is 5.54 Å². The van der Waals surface area contributed by atoms with Crippen molar-refractivity contribution in [1.29, 1.82) is 0 Å². The molecule has 2 aromatic rings. The van der Waals surface area contributed by atoms with Crippen molar-refractivity contribution in [2.75, 3.05) is 0 Å². The van der Waals surface area contributed by atoms with Crippen molar-refractivity contribution in [3.8, 4) is 5.75 Å². The van der Waals surface area contributed by atoms with Crippen molar-refractivity contribution < 1.29 is 10.1 Å². The molecule has 0 saturated carbocycles. The van der Waals surface area contributed by atoms with Gasteiger partial charge in [-0.25, -0.2) is 0 Å². The molecule has 0 radical (unpaired) electrons. The van der Waals surface area contributed by atoms with Gasteiger partial charge in [0.25, 0.3) is 0 Å². The van der Waals surface area contributed by atoms with E-state index >= 15 is 0 Å². The standard InChI is InChI=1S/C22H31NO/c1-21(2,3)17-22(4,5)23-15-19-12-9-13-20(14-19)24-16-18-10-7-6-8-11-18/h6-14,23H,15-17H2,1-5H3/p+1. The Morgan fingerprint density at radius 2 is 1.50 bits per heavy atom. The number of benzene rings is 2. The van der Waals surface area contributed by atoms with E-state index in [9.17, 15) is 0 Å². The minimum absolute atomic E-state index is 0.235. The molecule has 0 atom stereocenters. The average molecular weight is 327 g/mol. The van der Waals surface area contributed by atoms with E-state index in [0.29, 0.717) is 12.0 Å². The number of hydrogen-bond donors (Lipinski definition) is 1. The maximum Gasteiger partial charge on any atom is 0.120 e. The van der Waals surface area contributed by atoms with Crippen molar-refractivity contribution in [2.45, 2.75) is 59.7 Å². The summed E-state index contributed by atoms with van der Waals surface area (Å²) in [6, 6.07) is 18.7. The zero-order chi connectivity index (χ0) is 17.6. The Labute approximate surface area is 147 Å². The van der Waals surface area contributed by atoms with Crippen LogP contribution in [0.1, 0.15) is 52.2 Å². The fourth-order valence-electron chi connectivity index (χ4n) is 3.34. The van der Waals surface area contributed by atoms with Crippen LogP contribution in [0, 0.1) is 5.41 Å². The lowest BCUT2D eigenvalue weighted by molar-refractivity contribution is -0.737. The fraction of sp³-hybridized carbons (Fsp3) is 0.455. The van der Waals surface area contributed by atoms with Crippen LogP contribution in [0.25, 0.3) is 0 Å². The van der Waals surface area contributed by atoms with Gasteiger partial charge in [0.2, 0.25) is 0 Å². The van der Waals surface area contributed by atoms with Gasteiger partial charge in [0.1, 0.15) is 18.9 Å². The number of quaternary nitrogens is 1. The molecule has 2 aromatic carbocycles. The maximum atomic E-state index is 5.93. The zero-order valence-electron chi connectivity index (χ0n) is 15.8. The molecule has 0 spiro atoms. The molecule has 0 amide bonds. The van der Waals surface area contributed by atoms with Crippen LogP contribution in [-0.2, 0) is 13.2 Å². The van der Waals surface area contributed by atoms with Crippen molar-refractivity contribution in [1.82, 2.24) is 0 Å². The van der Waals surface area contributed by atoms with Crippen molar-refractivity contribution >= 4 is 0 Å². The Morgan fingerprint density at radius 1 is 0.833 bits per heavy atom. The van der Waals surface area contributed by atoms with Gasteiger partial charge >= 0.3 is 0 Å². The van der Waals surface area contributed by atoms with Gasteiger partial charge in [-0.15, -0.1) is 0 Å². The Bertz CT molecular complexity index is 626. The van der Waals surface area contributed by atoms with Crippen LogP contribution < -0.4 is 10.1 Å². The summed E-state index contributed by atoms with van der Waals surface area (Å²) in [4.78, 5) is 0. The van der Waals surface area contributed by atoms with E-state index in [4.69, 9.17) is 4.74 Å². The molecule has 24 heavy (non-hydrogen) atoms. The lowest BCUT2D eigenvalue weighted by Gasteiger charge is -2.30. The Kier molecular flexibility index (Phi) is 6.06. The van der Waals surface area contributed by atoms with Gasteiger partial charge in [-0.1, -0.05) is 63.2 Å². The highest BCUT2D eigenvalue weighted by atomic mass is 16.5. The van der Waals surface area contributed by atoms with Crippen molar-refractivity contribution in [2.24, 2.45) is 5.41 Å². The Hall–Kier alpha value is -1.80. The zero-order valence-corrected chi connectivity index (χ0v) is 15.8. The molecule has 0 heterocycles. The first kappa shape index (κ1) is 18.5. The van der Waals surface area contributed by atoms with Crippen LogP contribution in [0.15, 0.2) is 54.6 Å². The quantitative estimate of drug-likeness (QED) is 0.794. The van der Waals surface area contributed by atoms with Gasteiger partial charge in [0.15, 0.2) is 0 Å². The molecule has 2 heteroatoms. The summed E-state index contributed by atoms with van der Waals surface area (Å²) in [5, 5.41) is 2.44. The van der Waals surface area contributed by atoms with E-state index in [2.05, 4.69) is 70.3 Å². The van der Waals surface area contributed by atoms with Gasteiger partial charge in [-0.05, 0) is 37.0 Å². The summed E-state index contributed by atoms with van der Waals surface area (Å²) in [5.74, 6) is 0.943. The molecule has 130 valence electrons. The summed E-state index contributed by atoms with van der Waals surface area (Å²) in [6.07, 6.45) is 1.18. The van der Waals surface area contributed by atoms with Crippen LogP contribution in [0.4, 0.5) is 0 Å². The minimum atomic E-state index is 0.235. The second-order valence-electron chi connectivity index (χ2n) is 8.56. The van der Waals surface area contributed by atoms with Gasteiger partial charge in [-0.2, -0.15) is 0 Å². The predicted molar refractivity (Wildman–Crippen MR) is 101 cm³/mol. The van der Waals surface area contributed by atoms with Crippen molar-refractivity contribution in [3.63, 3.8) is 0 Å². The van der Waals surface area contributed by atoms with Gasteiger partial charge in [0, 0.05) is 12.0 Å². The topological polar surface area (TPSA) is 25.8 Å². The molecule has 0 bridgehead atoms. The average Bonchev–Trinajstić information content (AvgIpc) is 2.50. The second kappa shape index (κ2) is 7.85. The fourth-order valence-corrected chi connectivity index (χ4v) is 3.34. The normalized spacial score (nSPS) is 12.2. The van der Waals surface area contributed by atoms with Crippen LogP contribution in [0.5, 0.6) is 5.75 Å². The largest absolute Gasteiger partial charge is 0.489 e. The first-order valence-electron chi connectivity index (χ1n) is 8.84. The SMILES string of the molecule is CC(C)(C)CC(C)(C)[NH2+]Cc1cccc(OCc2ccccc2)c1. The van der Waals surface area contributed by atoms with Gasteiger partial charge in [0.05, 0.1) is 5.54 Å². The molecular formula is C22H32NO+. The predicted octanol–water partition coefficient (Wildman–Crippen LogP) is 4.54. The molecule has 0 fully saturated rings. The minimum Gasteiger partial charge on any atom is -0.489 e. The first-order chi connectivity index (χ1) is 11.2. The molecule has 2 N–H and O–H groups in total. The summed E-state index contributed by atoms with van der Waals surface area (Å²) in [7, 11) is 0. The van der Waals surface area contributed by atoms with E-state index in [1.165, 1.54) is 17.5 Å². The van der Waals surface area contributed by atoms with E-state index in [1.54, 1.807) is 0 Å². The van der Waals surface area contributed by atoms with Crippen LogP contribution in [0.3, 0.4) is 0 Å². The highest BCUT2D eigenvalue weighted by Gasteiger charge is 2.28. The Balaban J connectivity index is 1.90.